The number of thioether (sulfide) groups is 1. The van der Waals surface area contributed by atoms with E-state index in [1.54, 1.807) is 19.1 Å². The van der Waals surface area contributed by atoms with Gasteiger partial charge in [-0.05, 0) is 19.1 Å². The molecule has 0 unspecified atom stereocenters. The number of rotatable bonds is 3. The molecule has 18 heavy (non-hydrogen) atoms. The van der Waals surface area contributed by atoms with E-state index in [1.165, 1.54) is 24.9 Å². The lowest BCUT2D eigenvalue weighted by Crippen LogP contribution is -2.03. The van der Waals surface area contributed by atoms with Crippen LogP contribution >= 0.6 is 11.8 Å². The molecule has 1 aromatic carbocycles. The van der Waals surface area contributed by atoms with Gasteiger partial charge in [-0.1, -0.05) is 12.1 Å². The van der Waals surface area contributed by atoms with Gasteiger partial charge in [0.25, 0.3) is 0 Å². The molecule has 0 atom stereocenters. The average molecular weight is 265 g/mol. The van der Waals surface area contributed by atoms with E-state index < -0.39 is 0 Å². The quantitative estimate of drug-likeness (QED) is 0.632. The number of esters is 1. The zero-order valence-electron chi connectivity index (χ0n) is 10.1. The van der Waals surface area contributed by atoms with Gasteiger partial charge in [0.2, 0.25) is 0 Å². The van der Waals surface area contributed by atoms with Gasteiger partial charge in [0.1, 0.15) is 11.3 Å². The zero-order valence-corrected chi connectivity index (χ0v) is 10.9. The monoisotopic (exact) mass is 265 g/mol. The fourth-order valence-electron chi connectivity index (χ4n) is 1.62. The smallest absolute Gasteiger partial charge is 0.315 e. The molecule has 94 valence electrons. The van der Waals surface area contributed by atoms with Gasteiger partial charge in [-0.3, -0.25) is 4.79 Å². The molecule has 0 saturated heterocycles. The number of methoxy groups -OCH3 is 1. The maximum absolute atomic E-state index is 13.6. The van der Waals surface area contributed by atoms with Crippen LogP contribution in [0.25, 0.3) is 10.9 Å². The van der Waals surface area contributed by atoms with Crippen molar-refractivity contribution >= 4 is 28.6 Å². The number of nitrogens with zero attached hydrogens (tertiary/aromatic N) is 1. The Morgan fingerprint density at radius 2 is 2.28 bits per heavy atom. The fraction of sp³-hybridized carbons (Fsp3) is 0.231. The first-order valence-electron chi connectivity index (χ1n) is 5.37. The number of hydrogen-bond donors (Lipinski definition) is 0. The number of aromatic nitrogens is 1. The highest BCUT2D eigenvalue weighted by Gasteiger charge is 2.10. The third-order valence-corrected chi connectivity index (χ3v) is 3.48. The number of pyridine rings is 1. The molecule has 0 radical (unpaired) electrons. The number of fused-ring (bicyclic) bond motifs is 1. The van der Waals surface area contributed by atoms with Crippen molar-refractivity contribution < 1.29 is 13.9 Å². The molecule has 0 saturated carbocycles. The summed E-state index contributed by atoms with van der Waals surface area (Å²) in [4.78, 5) is 16.2. The standard InChI is InChI=1S/C13H12FNO2S/c1-8-6-11(18-7-12(16)17-2)9-4-3-5-10(14)13(9)15-8/h3-6H,7H2,1-2H3. The van der Waals surface area contributed by atoms with E-state index in [-0.39, 0.29) is 17.5 Å². The molecular formula is C13H12FNO2S. The van der Waals surface area contributed by atoms with Crippen LogP contribution in [0.5, 0.6) is 0 Å². The van der Waals surface area contributed by atoms with Crippen molar-refractivity contribution in [3.8, 4) is 0 Å². The van der Waals surface area contributed by atoms with Gasteiger partial charge in [-0.15, -0.1) is 11.8 Å². The summed E-state index contributed by atoms with van der Waals surface area (Å²) in [7, 11) is 1.35. The Morgan fingerprint density at radius 1 is 1.50 bits per heavy atom. The van der Waals surface area contributed by atoms with E-state index in [0.717, 1.165) is 16.0 Å². The molecule has 2 aromatic rings. The Morgan fingerprint density at radius 3 is 3.00 bits per heavy atom. The van der Waals surface area contributed by atoms with Crippen LogP contribution in [-0.4, -0.2) is 23.8 Å². The van der Waals surface area contributed by atoms with Crippen molar-refractivity contribution in [2.24, 2.45) is 0 Å². The van der Waals surface area contributed by atoms with E-state index >= 15 is 0 Å². The molecule has 0 aliphatic heterocycles. The van der Waals surface area contributed by atoms with Gasteiger partial charge in [0.05, 0.1) is 12.9 Å². The Labute approximate surface area is 108 Å². The summed E-state index contributed by atoms with van der Waals surface area (Å²) in [5.41, 5.74) is 1.06. The SMILES string of the molecule is COC(=O)CSc1cc(C)nc2c(F)cccc12. The number of benzene rings is 1. The number of carbonyl (C=O) groups is 1. The highest BCUT2D eigenvalue weighted by Crippen LogP contribution is 2.29. The summed E-state index contributed by atoms with van der Waals surface area (Å²) in [6.07, 6.45) is 0. The normalized spacial score (nSPS) is 10.6. The minimum absolute atomic E-state index is 0.200. The molecule has 1 heterocycles. The second kappa shape index (κ2) is 5.35. The number of ether oxygens (including phenoxy) is 1. The highest BCUT2D eigenvalue weighted by atomic mass is 32.2. The molecule has 0 spiro atoms. The lowest BCUT2D eigenvalue weighted by atomic mass is 10.2. The lowest BCUT2D eigenvalue weighted by molar-refractivity contribution is -0.137. The molecule has 0 N–H and O–H groups in total. The summed E-state index contributed by atoms with van der Waals surface area (Å²) in [6, 6.07) is 6.65. The van der Waals surface area contributed by atoms with Crippen molar-refractivity contribution in [2.75, 3.05) is 12.9 Å². The van der Waals surface area contributed by atoms with Crippen LogP contribution in [-0.2, 0) is 9.53 Å². The van der Waals surface area contributed by atoms with Gasteiger partial charge in [0, 0.05) is 16.0 Å². The van der Waals surface area contributed by atoms with E-state index in [2.05, 4.69) is 9.72 Å². The van der Waals surface area contributed by atoms with Gasteiger partial charge >= 0.3 is 5.97 Å². The minimum Gasteiger partial charge on any atom is -0.468 e. The first-order chi connectivity index (χ1) is 8.61. The maximum atomic E-state index is 13.6. The Hall–Kier alpha value is -1.62. The Bertz CT molecular complexity index is 601. The van der Waals surface area contributed by atoms with Crippen LogP contribution in [0.4, 0.5) is 4.39 Å². The predicted molar refractivity (Wildman–Crippen MR) is 69.2 cm³/mol. The number of carbonyl (C=O) groups excluding carboxylic acids is 1. The molecular weight excluding hydrogens is 253 g/mol. The van der Waals surface area contributed by atoms with Crippen LogP contribution in [0.1, 0.15) is 5.69 Å². The molecule has 0 aliphatic carbocycles. The number of para-hydroxylation sites is 1. The van der Waals surface area contributed by atoms with E-state index in [1.807, 2.05) is 6.07 Å². The second-order valence-electron chi connectivity index (χ2n) is 3.76. The Kier molecular flexibility index (Phi) is 3.81. The number of aryl methyl sites for hydroxylation is 1. The predicted octanol–water partition coefficient (Wildman–Crippen LogP) is 2.95. The lowest BCUT2D eigenvalue weighted by Gasteiger charge is -2.07. The number of hydrogen-bond acceptors (Lipinski definition) is 4. The van der Waals surface area contributed by atoms with Crippen molar-refractivity contribution in [1.29, 1.82) is 0 Å². The molecule has 0 aliphatic rings. The van der Waals surface area contributed by atoms with Crippen molar-refractivity contribution in [1.82, 2.24) is 4.98 Å². The summed E-state index contributed by atoms with van der Waals surface area (Å²) in [6.45, 7) is 1.80. The van der Waals surface area contributed by atoms with E-state index in [9.17, 15) is 9.18 Å². The van der Waals surface area contributed by atoms with Gasteiger partial charge < -0.3 is 4.74 Å². The summed E-state index contributed by atoms with van der Waals surface area (Å²) >= 11 is 1.32. The second-order valence-corrected chi connectivity index (χ2v) is 4.78. The average Bonchev–Trinajstić information content (AvgIpc) is 2.36. The largest absolute Gasteiger partial charge is 0.468 e. The molecule has 0 bridgehead atoms. The van der Waals surface area contributed by atoms with Crippen molar-refractivity contribution in [2.45, 2.75) is 11.8 Å². The summed E-state index contributed by atoms with van der Waals surface area (Å²) in [5, 5.41) is 0.717. The minimum atomic E-state index is -0.351. The van der Waals surface area contributed by atoms with E-state index in [0.29, 0.717) is 5.52 Å². The molecule has 0 fully saturated rings. The van der Waals surface area contributed by atoms with Crippen LogP contribution < -0.4 is 0 Å². The first kappa shape index (κ1) is 12.8. The van der Waals surface area contributed by atoms with Crippen molar-refractivity contribution in [3.63, 3.8) is 0 Å². The molecule has 1 aromatic heterocycles. The summed E-state index contributed by atoms with van der Waals surface area (Å²) < 4.78 is 18.2. The van der Waals surface area contributed by atoms with Crippen LogP contribution in [0.2, 0.25) is 0 Å². The van der Waals surface area contributed by atoms with Crippen molar-refractivity contribution in [3.05, 3.63) is 35.8 Å². The zero-order chi connectivity index (χ0) is 13.1. The van der Waals surface area contributed by atoms with Crippen LogP contribution in [0, 0.1) is 12.7 Å². The highest BCUT2D eigenvalue weighted by molar-refractivity contribution is 8.00. The van der Waals surface area contributed by atoms with Gasteiger partial charge in [-0.25, -0.2) is 9.37 Å². The summed E-state index contributed by atoms with van der Waals surface area (Å²) in [5.74, 6) is -0.457. The van der Waals surface area contributed by atoms with Gasteiger partial charge in [-0.2, -0.15) is 0 Å². The fourth-order valence-corrected chi connectivity index (χ4v) is 2.58. The topological polar surface area (TPSA) is 39.2 Å². The molecule has 2 rings (SSSR count). The first-order valence-corrected chi connectivity index (χ1v) is 6.36. The molecule has 5 heteroatoms. The van der Waals surface area contributed by atoms with Crippen LogP contribution in [0.15, 0.2) is 29.2 Å². The van der Waals surface area contributed by atoms with Gasteiger partial charge in [0.15, 0.2) is 0 Å². The Balaban J connectivity index is 2.43. The molecule has 3 nitrogen and oxygen atoms in total. The third-order valence-electron chi connectivity index (χ3n) is 2.45. The molecule has 0 amide bonds. The maximum Gasteiger partial charge on any atom is 0.315 e. The van der Waals surface area contributed by atoms with Crippen LogP contribution in [0.3, 0.4) is 0 Å². The number of halogens is 1. The van der Waals surface area contributed by atoms with E-state index in [4.69, 9.17) is 0 Å². The third kappa shape index (κ3) is 2.61.